The lowest BCUT2D eigenvalue weighted by Crippen LogP contribution is -2.04. The Morgan fingerprint density at radius 3 is 2.93 bits per heavy atom. The van der Waals surface area contributed by atoms with Crippen LogP contribution in [0.2, 0.25) is 0 Å². The fourth-order valence-corrected chi connectivity index (χ4v) is 1.85. The van der Waals surface area contributed by atoms with E-state index in [9.17, 15) is 9.18 Å². The topological polar surface area (TPSA) is 42.9 Å². The van der Waals surface area contributed by atoms with Gasteiger partial charge in [0.05, 0.1) is 23.5 Å². The Kier molecular flexibility index (Phi) is 2.88. The van der Waals surface area contributed by atoms with E-state index in [0.717, 1.165) is 11.7 Å². The van der Waals surface area contributed by atoms with Crippen molar-refractivity contribution in [3.8, 4) is 0 Å². The maximum Gasteiger partial charge on any atom is 0.217 e. The van der Waals surface area contributed by atoms with Gasteiger partial charge in [-0.15, -0.1) is 0 Å². The molecule has 1 aromatic carbocycles. The third kappa shape index (κ3) is 2.10. The van der Waals surface area contributed by atoms with Crippen LogP contribution in [-0.4, -0.2) is 14.5 Å². The summed E-state index contributed by atoms with van der Waals surface area (Å²) in [7, 11) is 0. The normalized spacial score (nSPS) is 10.3. The number of aromatic nitrogens is 2. The number of benzene rings is 1. The van der Waals surface area contributed by atoms with Crippen molar-refractivity contribution in [1.29, 1.82) is 0 Å². The highest BCUT2D eigenvalue weighted by atomic mass is 79.9. The fraction of sp³-hybridized carbons (Fsp3) is 0. The summed E-state index contributed by atoms with van der Waals surface area (Å²) in [4.78, 5) is 11.7. The smallest absolute Gasteiger partial charge is 0.217 e. The highest BCUT2D eigenvalue weighted by Gasteiger charge is 2.16. The van der Waals surface area contributed by atoms with Crippen LogP contribution in [0.1, 0.15) is 16.1 Å². The van der Waals surface area contributed by atoms with Crippen LogP contribution >= 0.6 is 27.7 Å². The molecule has 0 N–H and O–H groups in total. The van der Waals surface area contributed by atoms with Crippen LogP contribution in [-0.2, 0) is 0 Å². The van der Waals surface area contributed by atoms with E-state index in [0.29, 0.717) is 4.47 Å². The molecule has 0 saturated carbocycles. The van der Waals surface area contributed by atoms with Crippen molar-refractivity contribution in [3.63, 3.8) is 0 Å². The van der Waals surface area contributed by atoms with Gasteiger partial charge in [0, 0.05) is 4.47 Å². The molecule has 0 radical (unpaired) electrons. The van der Waals surface area contributed by atoms with Crippen LogP contribution in [0.15, 0.2) is 28.9 Å². The van der Waals surface area contributed by atoms with Crippen molar-refractivity contribution in [2.75, 3.05) is 0 Å². The van der Waals surface area contributed by atoms with Crippen LogP contribution in [0.5, 0.6) is 0 Å². The largest absolute Gasteiger partial charge is 0.287 e. The van der Waals surface area contributed by atoms with Gasteiger partial charge in [-0.3, -0.25) is 4.79 Å². The van der Waals surface area contributed by atoms with Gasteiger partial charge >= 0.3 is 0 Å². The second kappa shape index (κ2) is 4.16. The molecule has 0 spiro atoms. The van der Waals surface area contributed by atoms with Gasteiger partial charge in [-0.1, -0.05) is 15.9 Å². The van der Waals surface area contributed by atoms with E-state index in [1.165, 1.54) is 24.4 Å². The van der Waals surface area contributed by atoms with Crippen molar-refractivity contribution in [2.24, 2.45) is 0 Å². The van der Waals surface area contributed by atoms with Gasteiger partial charge in [0.15, 0.2) is 0 Å². The molecule has 3 nitrogen and oxygen atoms in total. The summed E-state index contributed by atoms with van der Waals surface area (Å²) in [5, 5.41) is 0. The lowest BCUT2D eigenvalue weighted by atomic mass is 10.1. The van der Waals surface area contributed by atoms with Gasteiger partial charge in [-0.25, -0.2) is 4.39 Å². The van der Waals surface area contributed by atoms with Gasteiger partial charge in [0.2, 0.25) is 5.78 Å². The van der Waals surface area contributed by atoms with E-state index in [1.54, 1.807) is 0 Å². The number of hydrogen-bond donors (Lipinski definition) is 0. The molecule has 0 aliphatic carbocycles. The van der Waals surface area contributed by atoms with Gasteiger partial charge in [-0.05, 0) is 18.2 Å². The summed E-state index contributed by atoms with van der Waals surface area (Å²) in [6.45, 7) is 0. The molecule has 0 aliphatic heterocycles. The quantitative estimate of drug-likeness (QED) is 0.797. The molecule has 76 valence electrons. The minimum absolute atomic E-state index is 0.00271. The number of hydrogen-bond acceptors (Lipinski definition) is 4. The Hall–Kier alpha value is -1.14. The summed E-state index contributed by atoms with van der Waals surface area (Å²) in [5.74, 6) is -1.02. The highest BCUT2D eigenvalue weighted by Crippen LogP contribution is 2.18. The molecule has 15 heavy (non-hydrogen) atoms. The number of rotatable bonds is 2. The van der Waals surface area contributed by atoms with E-state index < -0.39 is 11.6 Å². The second-order valence-corrected chi connectivity index (χ2v) is 4.22. The van der Waals surface area contributed by atoms with Crippen molar-refractivity contribution < 1.29 is 9.18 Å². The summed E-state index contributed by atoms with van der Waals surface area (Å²) in [6, 6.07) is 4.19. The Bertz CT molecular complexity index is 501. The molecule has 0 amide bonds. The Labute approximate surface area is 97.4 Å². The molecular weight excluding hydrogens is 283 g/mol. The fourth-order valence-electron chi connectivity index (χ4n) is 1.07. The van der Waals surface area contributed by atoms with E-state index in [-0.39, 0.29) is 11.3 Å². The first-order chi connectivity index (χ1) is 7.18. The van der Waals surface area contributed by atoms with E-state index >= 15 is 0 Å². The predicted molar refractivity (Wildman–Crippen MR) is 57.4 cm³/mol. The maximum atomic E-state index is 13.3. The third-order valence-corrected chi connectivity index (χ3v) is 2.74. The zero-order chi connectivity index (χ0) is 10.8. The van der Waals surface area contributed by atoms with Gasteiger partial charge in [0.1, 0.15) is 11.5 Å². The predicted octanol–water partition coefficient (Wildman–Crippen LogP) is 2.67. The molecule has 0 saturated heterocycles. The van der Waals surface area contributed by atoms with Crippen LogP contribution in [0.3, 0.4) is 0 Å². The molecular formula is C9H4BrFN2OS. The first kappa shape index (κ1) is 10.4. The zero-order valence-corrected chi connectivity index (χ0v) is 9.68. The number of nitrogens with zero attached hydrogens (tertiary/aromatic N) is 2. The number of carbonyl (C=O) groups excluding carboxylic acids is 1. The van der Waals surface area contributed by atoms with Crippen LogP contribution in [0, 0.1) is 5.82 Å². The monoisotopic (exact) mass is 286 g/mol. The first-order valence-corrected chi connectivity index (χ1v) is 5.48. The van der Waals surface area contributed by atoms with Crippen LogP contribution < -0.4 is 0 Å². The Morgan fingerprint density at radius 1 is 1.47 bits per heavy atom. The molecule has 0 fully saturated rings. The molecule has 1 aromatic heterocycles. The van der Waals surface area contributed by atoms with Crippen molar-refractivity contribution >= 4 is 33.4 Å². The zero-order valence-electron chi connectivity index (χ0n) is 7.28. The molecule has 0 bridgehead atoms. The Morgan fingerprint density at radius 2 is 2.27 bits per heavy atom. The average Bonchev–Trinajstić information content (AvgIpc) is 2.74. The molecule has 1 heterocycles. The number of ketones is 1. The van der Waals surface area contributed by atoms with Crippen molar-refractivity contribution in [3.05, 3.63) is 45.9 Å². The highest BCUT2D eigenvalue weighted by molar-refractivity contribution is 9.10. The molecule has 2 aromatic rings. The molecule has 6 heteroatoms. The standard InChI is InChI=1S/C9H4BrFN2OS/c10-5-1-2-7(11)6(3-5)9(14)8-4-12-15-13-8/h1-4H. The summed E-state index contributed by atoms with van der Waals surface area (Å²) in [6.07, 6.45) is 1.33. The molecule has 0 unspecified atom stereocenters. The van der Waals surface area contributed by atoms with Crippen LogP contribution in [0.25, 0.3) is 0 Å². The van der Waals surface area contributed by atoms with Crippen molar-refractivity contribution in [2.45, 2.75) is 0 Å². The number of halogens is 2. The van der Waals surface area contributed by atoms with E-state index in [2.05, 4.69) is 24.7 Å². The number of carbonyl (C=O) groups is 1. The summed E-state index contributed by atoms with van der Waals surface area (Å²) in [5.41, 5.74) is 0.161. The molecule has 2 rings (SSSR count). The Balaban J connectivity index is 2.46. The summed E-state index contributed by atoms with van der Waals surface area (Å²) >= 11 is 4.09. The minimum Gasteiger partial charge on any atom is -0.287 e. The van der Waals surface area contributed by atoms with Crippen molar-refractivity contribution in [1.82, 2.24) is 8.75 Å². The lowest BCUT2D eigenvalue weighted by Gasteiger charge is -1.99. The van der Waals surface area contributed by atoms with E-state index in [4.69, 9.17) is 0 Å². The first-order valence-electron chi connectivity index (χ1n) is 3.96. The van der Waals surface area contributed by atoms with Gasteiger partial charge < -0.3 is 0 Å². The van der Waals surface area contributed by atoms with E-state index in [1.807, 2.05) is 0 Å². The average molecular weight is 287 g/mol. The molecule has 0 atom stereocenters. The third-order valence-electron chi connectivity index (χ3n) is 1.77. The summed E-state index contributed by atoms with van der Waals surface area (Å²) < 4.78 is 21.4. The molecule has 0 aliphatic rings. The minimum atomic E-state index is -0.559. The SMILES string of the molecule is O=C(c1cnsn1)c1cc(Br)ccc1F. The second-order valence-electron chi connectivity index (χ2n) is 2.75. The van der Waals surface area contributed by atoms with Gasteiger partial charge in [0.25, 0.3) is 0 Å². The maximum absolute atomic E-state index is 13.3. The lowest BCUT2D eigenvalue weighted by molar-refractivity contribution is 0.103. The van der Waals surface area contributed by atoms with Gasteiger partial charge in [-0.2, -0.15) is 8.75 Å². The van der Waals surface area contributed by atoms with Crippen LogP contribution in [0.4, 0.5) is 4.39 Å².